The molecule has 0 radical (unpaired) electrons. The lowest BCUT2D eigenvalue weighted by Crippen LogP contribution is -2.47. The molecule has 7 nitrogen and oxygen atoms in total. The predicted octanol–water partition coefficient (Wildman–Crippen LogP) is 1.86. The maximum absolute atomic E-state index is 13.2. The summed E-state index contributed by atoms with van der Waals surface area (Å²) >= 11 is 0. The van der Waals surface area contributed by atoms with Gasteiger partial charge >= 0.3 is 6.18 Å². The number of halogens is 3. The molecule has 1 saturated heterocycles. The van der Waals surface area contributed by atoms with Crippen molar-refractivity contribution < 1.29 is 13.2 Å². The number of rotatable bonds is 2. The minimum absolute atomic E-state index is 0.0168. The number of aromatic nitrogens is 5. The van der Waals surface area contributed by atoms with Crippen LogP contribution in [0.2, 0.25) is 0 Å². The van der Waals surface area contributed by atoms with Gasteiger partial charge in [-0.1, -0.05) is 0 Å². The molecule has 1 aliphatic rings. The van der Waals surface area contributed by atoms with Crippen LogP contribution in [-0.2, 0) is 6.18 Å². The summed E-state index contributed by atoms with van der Waals surface area (Å²) in [5.41, 5.74) is -0.0572. The molecule has 25 heavy (non-hydrogen) atoms. The number of hydrogen-bond acceptors (Lipinski definition) is 6. The van der Waals surface area contributed by atoms with Gasteiger partial charge in [0.15, 0.2) is 5.65 Å². The van der Waals surface area contributed by atoms with E-state index in [-0.39, 0.29) is 5.82 Å². The minimum Gasteiger partial charge on any atom is -0.353 e. The van der Waals surface area contributed by atoms with Crippen LogP contribution in [0.15, 0.2) is 36.8 Å². The van der Waals surface area contributed by atoms with Crippen LogP contribution in [-0.4, -0.2) is 51.0 Å². The Kier molecular flexibility index (Phi) is 3.66. The first kappa shape index (κ1) is 15.6. The number of anilines is 2. The molecular formula is C15H14F3N7. The van der Waals surface area contributed by atoms with E-state index in [2.05, 4.69) is 20.3 Å². The molecule has 1 fully saturated rings. The highest BCUT2D eigenvalue weighted by molar-refractivity contribution is 5.51. The summed E-state index contributed by atoms with van der Waals surface area (Å²) in [7, 11) is 0. The standard InChI is InChI=1S/C15H14F3N7/c16-15(17,18)11-2-1-5-19-14(11)24-8-6-23(7-9-24)13-4-3-12-21-20-10-25(12)22-13/h1-5,10H,6-9H2. The Labute approximate surface area is 140 Å². The molecule has 0 unspecified atom stereocenters. The van der Waals surface area contributed by atoms with Crippen molar-refractivity contribution in [2.24, 2.45) is 0 Å². The van der Waals surface area contributed by atoms with Crippen LogP contribution in [0.3, 0.4) is 0 Å². The molecule has 4 heterocycles. The topological polar surface area (TPSA) is 62.5 Å². The molecule has 0 saturated carbocycles. The minimum atomic E-state index is -4.41. The van der Waals surface area contributed by atoms with E-state index in [1.165, 1.54) is 18.6 Å². The van der Waals surface area contributed by atoms with E-state index < -0.39 is 11.7 Å². The fourth-order valence-corrected chi connectivity index (χ4v) is 2.90. The van der Waals surface area contributed by atoms with Gasteiger partial charge in [0.2, 0.25) is 0 Å². The Morgan fingerprint density at radius 2 is 1.72 bits per heavy atom. The lowest BCUT2D eigenvalue weighted by atomic mass is 10.2. The van der Waals surface area contributed by atoms with E-state index in [4.69, 9.17) is 0 Å². The molecule has 130 valence electrons. The molecule has 0 aromatic carbocycles. The molecule has 3 aromatic rings. The van der Waals surface area contributed by atoms with Crippen LogP contribution in [0, 0.1) is 0 Å². The van der Waals surface area contributed by atoms with Gasteiger partial charge in [-0.3, -0.25) is 0 Å². The van der Waals surface area contributed by atoms with Crippen molar-refractivity contribution in [1.29, 1.82) is 0 Å². The Morgan fingerprint density at radius 1 is 0.960 bits per heavy atom. The van der Waals surface area contributed by atoms with Gasteiger partial charge in [-0.2, -0.15) is 17.7 Å². The van der Waals surface area contributed by atoms with Gasteiger partial charge in [-0.25, -0.2) is 4.98 Å². The number of hydrogen-bond donors (Lipinski definition) is 0. The molecule has 0 amide bonds. The first-order valence-electron chi connectivity index (χ1n) is 7.71. The van der Waals surface area contributed by atoms with Crippen LogP contribution < -0.4 is 9.80 Å². The van der Waals surface area contributed by atoms with Gasteiger partial charge in [0.25, 0.3) is 0 Å². The molecule has 10 heteroatoms. The number of alkyl halides is 3. The molecule has 0 atom stereocenters. The molecule has 3 aromatic heterocycles. The van der Waals surface area contributed by atoms with Gasteiger partial charge < -0.3 is 9.80 Å². The highest BCUT2D eigenvalue weighted by Crippen LogP contribution is 2.35. The van der Waals surface area contributed by atoms with Crippen molar-refractivity contribution in [3.8, 4) is 0 Å². The zero-order valence-corrected chi connectivity index (χ0v) is 13.1. The van der Waals surface area contributed by atoms with Crippen molar-refractivity contribution >= 4 is 17.3 Å². The average Bonchev–Trinajstić information content (AvgIpc) is 3.09. The summed E-state index contributed by atoms with van der Waals surface area (Å²) in [6.45, 7) is 1.97. The SMILES string of the molecule is FC(F)(F)c1cccnc1N1CCN(c2ccc3nncn3n2)CC1. The predicted molar refractivity (Wildman–Crippen MR) is 84.4 cm³/mol. The van der Waals surface area contributed by atoms with Gasteiger partial charge in [-0.05, 0) is 24.3 Å². The van der Waals surface area contributed by atoms with Crippen LogP contribution in [0.5, 0.6) is 0 Å². The summed E-state index contributed by atoms with van der Waals surface area (Å²) in [6, 6.07) is 6.01. The average molecular weight is 349 g/mol. The quantitative estimate of drug-likeness (QED) is 0.704. The molecule has 1 aliphatic heterocycles. The number of pyridine rings is 1. The number of nitrogens with zero attached hydrogens (tertiary/aromatic N) is 7. The van der Waals surface area contributed by atoms with E-state index in [9.17, 15) is 13.2 Å². The summed E-state index contributed by atoms with van der Waals surface area (Å²) in [6.07, 6.45) is -1.52. The van der Waals surface area contributed by atoms with Crippen molar-refractivity contribution in [3.05, 3.63) is 42.4 Å². The largest absolute Gasteiger partial charge is 0.419 e. The van der Waals surface area contributed by atoms with Crippen LogP contribution >= 0.6 is 0 Å². The molecule has 0 spiro atoms. The maximum atomic E-state index is 13.2. The Hall–Kier alpha value is -2.91. The molecule has 0 bridgehead atoms. The molecular weight excluding hydrogens is 335 g/mol. The summed E-state index contributed by atoms with van der Waals surface area (Å²) in [5, 5.41) is 12.1. The fourth-order valence-electron chi connectivity index (χ4n) is 2.90. The second kappa shape index (κ2) is 5.87. The van der Waals surface area contributed by atoms with Gasteiger partial charge in [0.05, 0.1) is 5.56 Å². The monoisotopic (exact) mass is 349 g/mol. The zero-order chi connectivity index (χ0) is 17.4. The maximum Gasteiger partial charge on any atom is 0.419 e. The second-order valence-electron chi connectivity index (χ2n) is 5.67. The molecule has 0 N–H and O–H groups in total. The normalized spacial score (nSPS) is 15.8. The van der Waals surface area contributed by atoms with E-state index in [0.717, 1.165) is 11.9 Å². The summed E-state index contributed by atoms with van der Waals surface area (Å²) < 4.78 is 41.1. The third-order valence-corrected chi connectivity index (χ3v) is 4.14. The Bertz CT molecular complexity index is 884. The van der Waals surface area contributed by atoms with Gasteiger partial charge in [0.1, 0.15) is 18.0 Å². The third-order valence-electron chi connectivity index (χ3n) is 4.14. The van der Waals surface area contributed by atoms with E-state index in [1.54, 1.807) is 9.42 Å². The van der Waals surface area contributed by atoms with Crippen LogP contribution in [0.25, 0.3) is 5.65 Å². The van der Waals surface area contributed by atoms with E-state index >= 15 is 0 Å². The summed E-state index contributed by atoms with van der Waals surface area (Å²) in [4.78, 5) is 7.64. The fraction of sp³-hybridized carbons (Fsp3) is 0.333. The Morgan fingerprint density at radius 3 is 2.48 bits per heavy atom. The van der Waals surface area contributed by atoms with E-state index in [1.807, 2.05) is 17.0 Å². The molecule has 0 aliphatic carbocycles. The van der Waals surface area contributed by atoms with Crippen LogP contribution in [0.1, 0.15) is 5.56 Å². The first-order chi connectivity index (χ1) is 12.0. The van der Waals surface area contributed by atoms with Crippen molar-refractivity contribution in [2.45, 2.75) is 6.18 Å². The van der Waals surface area contributed by atoms with Crippen molar-refractivity contribution in [3.63, 3.8) is 0 Å². The number of fused-ring (bicyclic) bond motifs is 1. The third kappa shape index (κ3) is 2.94. The van der Waals surface area contributed by atoms with Gasteiger partial charge in [0, 0.05) is 32.4 Å². The zero-order valence-electron chi connectivity index (χ0n) is 13.1. The van der Waals surface area contributed by atoms with Crippen molar-refractivity contribution in [1.82, 2.24) is 24.8 Å². The smallest absolute Gasteiger partial charge is 0.353 e. The lowest BCUT2D eigenvalue weighted by molar-refractivity contribution is -0.137. The second-order valence-corrected chi connectivity index (χ2v) is 5.67. The first-order valence-corrected chi connectivity index (χ1v) is 7.71. The van der Waals surface area contributed by atoms with Gasteiger partial charge in [-0.15, -0.1) is 15.3 Å². The van der Waals surface area contributed by atoms with Crippen molar-refractivity contribution in [2.75, 3.05) is 36.0 Å². The molecule has 4 rings (SSSR count). The highest BCUT2D eigenvalue weighted by Gasteiger charge is 2.36. The Balaban J connectivity index is 1.52. The number of piperazine rings is 1. The van der Waals surface area contributed by atoms with E-state index in [0.29, 0.717) is 31.8 Å². The summed E-state index contributed by atoms with van der Waals surface area (Å²) in [5.74, 6) is 0.723. The van der Waals surface area contributed by atoms with Crippen LogP contribution in [0.4, 0.5) is 24.8 Å². The lowest BCUT2D eigenvalue weighted by Gasteiger charge is -2.36. The highest BCUT2D eigenvalue weighted by atomic mass is 19.4.